The Morgan fingerprint density at radius 1 is 1.00 bits per heavy atom. The Balaban J connectivity index is 1.78. The Morgan fingerprint density at radius 2 is 1.79 bits per heavy atom. The number of aromatic nitrogens is 2. The number of rotatable bonds is 5. The summed E-state index contributed by atoms with van der Waals surface area (Å²) in [7, 11) is 1.62. The lowest BCUT2D eigenvalue weighted by Gasteiger charge is -2.15. The molecule has 0 unspecified atom stereocenters. The van der Waals surface area contributed by atoms with Gasteiger partial charge >= 0.3 is 0 Å². The van der Waals surface area contributed by atoms with Crippen LogP contribution in [0.25, 0.3) is 16.6 Å². The summed E-state index contributed by atoms with van der Waals surface area (Å²) >= 11 is 0. The zero-order chi connectivity index (χ0) is 19.3. The molecule has 0 saturated heterocycles. The van der Waals surface area contributed by atoms with E-state index in [4.69, 9.17) is 4.74 Å². The van der Waals surface area contributed by atoms with Gasteiger partial charge in [-0.05, 0) is 42.0 Å². The van der Waals surface area contributed by atoms with Gasteiger partial charge in [0.2, 0.25) is 5.95 Å². The van der Waals surface area contributed by atoms with Crippen molar-refractivity contribution in [3.63, 3.8) is 0 Å². The van der Waals surface area contributed by atoms with Crippen LogP contribution in [0.1, 0.15) is 5.56 Å². The van der Waals surface area contributed by atoms with E-state index in [0.29, 0.717) is 11.3 Å². The molecule has 1 N–H and O–H groups in total. The average molecular weight is 370 g/mol. The fourth-order valence-corrected chi connectivity index (χ4v) is 2.97. The van der Waals surface area contributed by atoms with E-state index in [0.717, 1.165) is 22.5 Å². The third kappa shape index (κ3) is 3.48. The molecule has 6 nitrogen and oxygen atoms in total. The van der Waals surface area contributed by atoms with E-state index < -0.39 is 0 Å². The molecule has 0 amide bonds. The molecule has 0 spiro atoms. The van der Waals surface area contributed by atoms with Crippen molar-refractivity contribution >= 4 is 23.1 Å². The third-order valence-corrected chi connectivity index (χ3v) is 4.28. The summed E-state index contributed by atoms with van der Waals surface area (Å²) in [6, 6.07) is 24.6. The van der Waals surface area contributed by atoms with Crippen LogP contribution >= 0.6 is 0 Å². The lowest BCUT2D eigenvalue weighted by Crippen LogP contribution is -2.16. The van der Waals surface area contributed by atoms with Crippen molar-refractivity contribution in [1.82, 2.24) is 9.55 Å². The van der Waals surface area contributed by atoms with Gasteiger partial charge in [0, 0.05) is 5.69 Å². The van der Waals surface area contributed by atoms with E-state index in [1.165, 1.54) is 0 Å². The number of ether oxygens (including phenoxy) is 1. The van der Waals surface area contributed by atoms with Crippen molar-refractivity contribution in [3.05, 3.63) is 94.8 Å². The number of hydrogen-bond donors (Lipinski definition) is 1. The van der Waals surface area contributed by atoms with Gasteiger partial charge in [0.1, 0.15) is 5.75 Å². The van der Waals surface area contributed by atoms with E-state index in [1.807, 2.05) is 77.4 Å². The third-order valence-electron chi connectivity index (χ3n) is 4.28. The molecule has 0 saturated carbocycles. The Labute approximate surface area is 161 Å². The minimum Gasteiger partial charge on any atom is -0.497 e. The number of para-hydroxylation sites is 2. The van der Waals surface area contributed by atoms with Gasteiger partial charge in [-0.1, -0.05) is 42.5 Å². The van der Waals surface area contributed by atoms with Gasteiger partial charge in [-0.2, -0.15) is 10.1 Å². The highest BCUT2D eigenvalue weighted by atomic mass is 16.5. The molecule has 0 atom stereocenters. The van der Waals surface area contributed by atoms with Crippen LogP contribution in [-0.2, 0) is 0 Å². The van der Waals surface area contributed by atoms with Crippen molar-refractivity contribution in [1.29, 1.82) is 0 Å². The largest absolute Gasteiger partial charge is 0.497 e. The van der Waals surface area contributed by atoms with Gasteiger partial charge < -0.3 is 4.74 Å². The van der Waals surface area contributed by atoms with Crippen molar-refractivity contribution in [3.8, 4) is 11.4 Å². The average Bonchev–Trinajstić information content (AvgIpc) is 2.75. The first-order valence-corrected chi connectivity index (χ1v) is 8.76. The summed E-state index contributed by atoms with van der Waals surface area (Å²) in [5.74, 6) is 1.09. The molecule has 6 heteroatoms. The fraction of sp³-hybridized carbons (Fsp3) is 0.0455. The minimum absolute atomic E-state index is 0.304. The highest BCUT2D eigenvalue weighted by Crippen LogP contribution is 2.20. The summed E-state index contributed by atoms with van der Waals surface area (Å²) in [5, 5.41) is 4.82. The maximum atomic E-state index is 12.5. The fourth-order valence-electron chi connectivity index (χ4n) is 2.97. The predicted molar refractivity (Wildman–Crippen MR) is 112 cm³/mol. The Hall–Kier alpha value is -3.93. The van der Waals surface area contributed by atoms with Crippen LogP contribution in [-0.4, -0.2) is 22.9 Å². The smallest absolute Gasteiger partial charge is 0.282 e. The zero-order valence-electron chi connectivity index (χ0n) is 15.2. The molecule has 138 valence electrons. The van der Waals surface area contributed by atoms with Crippen LogP contribution in [0.5, 0.6) is 5.75 Å². The molecule has 0 aliphatic carbocycles. The summed E-state index contributed by atoms with van der Waals surface area (Å²) in [4.78, 5) is 16.7. The Kier molecular flexibility index (Phi) is 4.84. The molecule has 4 aromatic rings. The van der Waals surface area contributed by atoms with E-state index in [2.05, 4.69) is 15.5 Å². The normalized spacial score (nSPS) is 11.0. The number of nitrogens with zero attached hydrogens (tertiary/aromatic N) is 3. The second-order valence-electron chi connectivity index (χ2n) is 6.08. The molecule has 28 heavy (non-hydrogen) atoms. The molecular formula is C22H18N4O2. The van der Waals surface area contributed by atoms with E-state index in [1.54, 1.807) is 19.4 Å². The standard InChI is InChI=1S/C22H18N4O2/c1-28-18-11-7-8-16(14-18)15-23-25-22-24-21(27)19-12-5-6-13-20(19)26(22)17-9-3-2-4-10-17/h2-15H,1H3,(H,24,25,27)/b23-15-. The van der Waals surface area contributed by atoms with Crippen molar-refractivity contribution in [2.75, 3.05) is 12.5 Å². The van der Waals surface area contributed by atoms with Crippen LogP contribution in [0.3, 0.4) is 0 Å². The Bertz CT molecular complexity index is 1200. The molecule has 4 rings (SSSR count). The maximum Gasteiger partial charge on any atom is 0.282 e. The maximum absolute atomic E-state index is 12.5. The highest BCUT2D eigenvalue weighted by molar-refractivity contribution is 5.83. The van der Waals surface area contributed by atoms with Gasteiger partial charge in [0.25, 0.3) is 5.56 Å². The van der Waals surface area contributed by atoms with E-state index >= 15 is 0 Å². The molecule has 0 radical (unpaired) electrons. The second-order valence-corrected chi connectivity index (χ2v) is 6.08. The quantitative estimate of drug-likeness (QED) is 0.428. The van der Waals surface area contributed by atoms with Gasteiger partial charge in [-0.25, -0.2) is 5.43 Å². The topological polar surface area (TPSA) is 68.5 Å². The van der Waals surface area contributed by atoms with Crippen LogP contribution in [0.15, 0.2) is 88.8 Å². The number of nitrogens with one attached hydrogen (secondary N) is 1. The molecule has 3 aromatic carbocycles. The predicted octanol–water partition coefficient (Wildman–Crippen LogP) is 3.84. The molecular weight excluding hydrogens is 352 g/mol. The molecule has 0 fully saturated rings. The van der Waals surface area contributed by atoms with Gasteiger partial charge in [0.15, 0.2) is 0 Å². The summed E-state index contributed by atoms with van der Waals surface area (Å²) in [6.07, 6.45) is 1.65. The highest BCUT2D eigenvalue weighted by Gasteiger charge is 2.11. The summed E-state index contributed by atoms with van der Waals surface area (Å²) in [5.41, 5.74) is 5.11. The summed E-state index contributed by atoms with van der Waals surface area (Å²) < 4.78 is 7.10. The number of hydrogen-bond acceptors (Lipinski definition) is 5. The van der Waals surface area contributed by atoms with Crippen molar-refractivity contribution in [2.24, 2.45) is 5.10 Å². The van der Waals surface area contributed by atoms with Gasteiger partial charge in [-0.3, -0.25) is 9.36 Å². The lowest BCUT2D eigenvalue weighted by atomic mass is 10.2. The van der Waals surface area contributed by atoms with E-state index in [-0.39, 0.29) is 5.56 Å². The molecule has 1 heterocycles. The van der Waals surface area contributed by atoms with Gasteiger partial charge in [-0.15, -0.1) is 0 Å². The summed E-state index contributed by atoms with van der Waals surface area (Å²) in [6.45, 7) is 0. The van der Waals surface area contributed by atoms with Crippen LogP contribution in [0.4, 0.5) is 5.95 Å². The Morgan fingerprint density at radius 3 is 2.61 bits per heavy atom. The molecule has 0 aliphatic rings. The number of benzene rings is 3. The van der Waals surface area contributed by atoms with E-state index in [9.17, 15) is 4.79 Å². The van der Waals surface area contributed by atoms with Crippen LogP contribution in [0.2, 0.25) is 0 Å². The number of hydrazone groups is 1. The SMILES string of the molecule is COc1cccc(/C=N\Nc2nc(=O)c3ccccc3n2-c2ccccc2)c1. The first-order chi connectivity index (χ1) is 13.8. The first-order valence-electron chi connectivity index (χ1n) is 8.76. The zero-order valence-corrected chi connectivity index (χ0v) is 15.2. The number of fused-ring (bicyclic) bond motifs is 1. The number of anilines is 1. The monoisotopic (exact) mass is 370 g/mol. The number of methoxy groups -OCH3 is 1. The first kappa shape index (κ1) is 17.5. The van der Waals surface area contributed by atoms with Crippen molar-refractivity contribution < 1.29 is 4.74 Å². The van der Waals surface area contributed by atoms with Crippen LogP contribution < -0.4 is 15.7 Å². The van der Waals surface area contributed by atoms with Crippen molar-refractivity contribution in [2.45, 2.75) is 0 Å². The minimum atomic E-state index is -0.304. The molecule has 0 bridgehead atoms. The van der Waals surface area contributed by atoms with Crippen LogP contribution in [0, 0.1) is 0 Å². The molecule has 0 aliphatic heterocycles. The molecule has 1 aromatic heterocycles. The second kappa shape index (κ2) is 7.75. The van der Waals surface area contributed by atoms with Gasteiger partial charge in [0.05, 0.1) is 24.2 Å². The lowest BCUT2D eigenvalue weighted by molar-refractivity contribution is 0.415.